The van der Waals surface area contributed by atoms with Gasteiger partial charge in [0.25, 0.3) is 0 Å². The minimum absolute atomic E-state index is 0.0434. The molecule has 0 aromatic rings. The van der Waals surface area contributed by atoms with E-state index >= 15 is 0 Å². The molecule has 1 heterocycles. The van der Waals surface area contributed by atoms with Crippen LogP contribution < -0.4 is 0 Å². The molecular weight excluding hydrogens is 259 g/mol. The molecule has 0 N–H and O–H groups in total. The number of hydrogen-bond acceptors (Lipinski definition) is 3. The first-order valence-electron chi connectivity index (χ1n) is 6.44. The van der Waals surface area contributed by atoms with Crippen molar-refractivity contribution in [2.45, 2.75) is 32.3 Å². The number of amides is 1. The van der Waals surface area contributed by atoms with Crippen LogP contribution in [0.1, 0.15) is 27.2 Å². The van der Waals surface area contributed by atoms with Gasteiger partial charge in [-0.05, 0) is 12.3 Å². The van der Waals surface area contributed by atoms with E-state index < -0.39 is 5.41 Å². The number of ketones is 1. The number of hydrogen-bond donors (Lipinski definition) is 0. The Bertz CT molecular complexity index is 518. The summed E-state index contributed by atoms with van der Waals surface area (Å²) in [5.74, 6) is 0.112. The highest BCUT2D eigenvalue weighted by Crippen LogP contribution is 2.51. The molecule has 5 heteroatoms. The predicted octanol–water partition coefficient (Wildman–Crippen LogP) is 1.53. The number of nitrogens with zero attached hydrogens (tertiary/aromatic N) is 2. The number of piperidine rings is 1. The molecule has 1 amide bonds. The zero-order chi connectivity index (χ0) is 14.4. The van der Waals surface area contributed by atoms with Crippen molar-refractivity contribution in [2.24, 2.45) is 11.3 Å². The van der Waals surface area contributed by atoms with Gasteiger partial charge in [-0.15, -0.1) is 9.24 Å². The molecule has 0 radical (unpaired) electrons. The fourth-order valence-electron chi connectivity index (χ4n) is 3.44. The predicted molar refractivity (Wildman–Crippen MR) is 75.3 cm³/mol. The van der Waals surface area contributed by atoms with Gasteiger partial charge in [0.05, 0.1) is 5.57 Å². The highest BCUT2D eigenvalue weighted by molar-refractivity contribution is 7.19. The zero-order valence-corrected chi connectivity index (χ0v) is 12.7. The molecule has 1 aliphatic heterocycles. The largest absolute Gasteiger partial charge is 0.342 e. The summed E-state index contributed by atoms with van der Waals surface area (Å²) in [6.45, 7) is 6.61. The summed E-state index contributed by atoms with van der Waals surface area (Å²) < 4.78 is 0. The van der Waals surface area contributed by atoms with E-state index in [1.807, 2.05) is 19.9 Å². The molecule has 4 nitrogen and oxygen atoms in total. The molecule has 0 saturated carbocycles. The average Bonchev–Trinajstić information content (AvgIpc) is 2.33. The van der Waals surface area contributed by atoms with Gasteiger partial charge in [0.1, 0.15) is 6.07 Å². The first kappa shape index (κ1) is 14.2. The Morgan fingerprint density at radius 2 is 2.21 bits per heavy atom. The standard InChI is InChI=1S/C14H19N2O2P/c1-9(17)16-5-4-11-13(2,3)12(18)10(7-15)6-14(11,19)8-16/h6,11H,4-5,8,19H2,1-3H3/t11-,14-/m1/s1. The highest BCUT2D eigenvalue weighted by Gasteiger charge is 2.53. The molecule has 19 heavy (non-hydrogen) atoms. The molecule has 1 unspecified atom stereocenters. The van der Waals surface area contributed by atoms with Gasteiger partial charge in [0, 0.05) is 30.6 Å². The Kier molecular flexibility index (Phi) is 3.31. The lowest BCUT2D eigenvalue weighted by atomic mass is 9.61. The fourth-order valence-corrected chi connectivity index (χ4v) is 4.41. The average molecular weight is 278 g/mol. The van der Waals surface area contributed by atoms with Crippen molar-refractivity contribution in [1.82, 2.24) is 4.90 Å². The van der Waals surface area contributed by atoms with Crippen molar-refractivity contribution in [3.8, 4) is 6.07 Å². The second-order valence-electron chi connectivity index (χ2n) is 6.11. The summed E-state index contributed by atoms with van der Waals surface area (Å²) in [6, 6.07) is 2.01. The summed E-state index contributed by atoms with van der Waals surface area (Å²) >= 11 is 0. The summed E-state index contributed by atoms with van der Waals surface area (Å²) in [5, 5.41) is 8.78. The minimum atomic E-state index is -0.551. The molecule has 0 aromatic heterocycles. The Balaban J connectivity index is 2.47. The first-order valence-corrected chi connectivity index (χ1v) is 7.02. The van der Waals surface area contributed by atoms with Crippen LogP contribution in [-0.2, 0) is 9.59 Å². The van der Waals surface area contributed by atoms with Crippen LogP contribution in [0.25, 0.3) is 0 Å². The van der Waals surface area contributed by atoms with E-state index in [9.17, 15) is 9.59 Å². The molecule has 2 rings (SSSR count). The number of allylic oxidation sites excluding steroid dienone is 1. The number of carbonyl (C=O) groups excluding carboxylic acids is 2. The summed E-state index contributed by atoms with van der Waals surface area (Å²) in [7, 11) is 2.78. The Morgan fingerprint density at radius 1 is 1.58 bits per heavy atom. The monoisotopic (exact) mass is 278 g/mol. The first-order chi connectivity index (χ1) is 8.72. The number of likely N-dealkylation sites (tertiary alicyclic amines) is 1. The normalized spacial score (nSPS) is 33.2. The lowest BCUT2D eigenvalue weighted by molar-refractivity contribution is -0.134. The van der Waals surface area contributed by atoms with E-state index in [1.165, 1.54) is 0 Å². The lowest BCUT2D eigenvalue weighted by Gasteiger charge is -2.52. The van der Waals surface area contributed by atoms with E-state index in [4.69, 9.17) is 5.26 Å². The van der Waals surface area contributed by atoms with E-state index in [0.29, 0.717) is 13.1 Å². The zero-order valence-electron chi connectivity index (χ0n) is 11.6. The third-order valence-corrected chi connectivity index (χ3v) is 5.23. The molecule has 0 bridgehead atoms. The second kappa shape index (κ2) is 4.42. The summed E-state index contributed by atoms with van der Waals surface area (Å²) in [4.78, 5) is 25.7. The van der Waals surface area contributed by atoms with Gasteiger partial charge >= 0.3 is 0 Å². The van der Waals surface area contributed by atoms with Crippen molar-refractivity contribution in [3.63, 3.8) is 0 Å². The van der Waals surface area contributed by atoms with Crippen LogP contribution in [-0.4, -0.2) is 34.8 Å². The van der Waals surface area contributed by atoms with Crippen LogP contribution in [0.4, 0.5) is 0 Å². The van der Waals surface area contributed by atoms with Crippen molar-refractivity contribution >= 4 is 20.9 Å². The van der Waals surface area contributed by atoms with Crippen molar-refractivity contribution in [2.75, 3.05) is 13.1 Å². The van der Waals surface area contributed by atoms with E-state index in [-0.39, 0.29) is 28.3 Å². The van der Waals surface area contributed by atoms with Crippen LogP contribution in [0.15, 0.2) is 11.6 Å². The van der Waals surface area contributed by atoms with E-state index in [1.54, 1.807) is 17.9 Å². The summed E-state index contributed by atoms with van der Waals surface area (Å²) in [5.41, 5.74) is -0.327. The van der Waals surface area contributed by atoms with Gasteiger partial charge in [-0.2, -0.15) is 5.26 Å². The topological polar surface area (TPSA) is 61.2 Å². The minimum Gasteiger partial charge on any atom is -0.342 e. The van der Waals surface area contributed by atoms with Gasteiger partial charge in [-0.1, -0.05) is 19.9 Å². The molecular formula is C14H19N2O2P. The Morgan fingerprint density at radius 3 is 2.74 bits per heavy atom. The molecule has 102 valence electrons. The maximum absolute atomic E-state index is 12.3. The fraction of sp³-hybridized carbons (Fsp3) is 0.643. The maximum atomic E-state index is 12.3. The van der Waals surface area contributed by atoms with Crippen LogP contribution in [0.5, 0.6) is 0 Å². The molecule has 0 spiro atoms. The smallest absolute Gasteiger partial charge is 0.219 e. The third-order valence-electron chi connectivity index (χ3n) is 4.48. The van der Waals surface area contributed by atoms with Gasteiger partial charge in [-0.25, -0.2) is 0 Å². The van der Waals surface area contributed by atoms with Crippen LogP contribution >= 0.6 is 9.24 Å². The van der Waals surface area contributed by atoms with E-state index in [2.05, 4.69) is 9.24 Å². The van der Waals surface area contributed by atoms with E-state index in [0.717, 1.165) is 6.42 Å². The maximum Gasteiger partial charge on any atom is 0.219 e. The van der Waals surface area contributed by atoms with Crippen LogP contribution in [0, 0.1) is 22.7 Å². The number of Topliss-reactive ketones (excluding diaryl/α,β-unsaturated/α-hetero) is 1. The SMILES string of the molecule is CC(=O)N1CC[C@@H]2C(C)(C)C(=O)C(C#N)=C[C@@]2(P)C1. The van der Waals surface area contributed by atoms with Gasteiger partial charge in [-0.3, -0.25) is 9.59 Å². The highest BCUT2D eigenvalue weighted by atomic mass is 31.0. The molecule has 1 aliphatic carbocycles. The van der Waals surface area contributed by atoms with Crippen molar-refractivity contribution in [1.29, 1.82) is 5.26 Å². The molecule has 1 saturated heterocycles. The lowest BCUT2D eigenvalue weighted by Crippen LogP contribution is -2.58. The van der Waals surface area contributed by atoms with Crippen molar-refractivity contribution in [3.05, 3.63) is 11.6 Å². The van der Waals surface area contributed by atoms with Gasteiger partial charge in [0.15, 0.2) is 5.78 Å². The number of fused-ring (bicyclic) bond motifs is 1. The quantitative estimate of drug-likeness (QED) is 0.631. The second-order valence-corrected chi connectivity index (χ2v) is 7.19. The van der Waals surface area contributed by atoms with Crippen LogP contribution in [0.3, 0.4) is 0 Å². The van der Waals surface area contributed by atoms with Gasteiger partial charge < -0.3 is 4.90 Å². The Labute approximate surface area is 116 Å². The number of nitriles is 1. The molecule has 3 atom stereocenters. The summed E-state index contributed by atoms with van der Waals surface area (Å²) in [6.07, 6.45) is 2.54. The molecule has 2 aliphatic rings. The third kappa shape index (κ3) is 2.11. The molecule has 0 aromatic carbocycles. The van der Waals surface area contributed by atoms with Crippen molar-refractivity contribution < 1.29 is 9.59 Å². The number of rotatable bonds is 0. The number of carbonyl (C=O) groups is 2. The Hall–Kier alpha value is -1.20. The molecule has 1 fully saturated rings. The van der Waals surface area contributed by atoms with Gasteiger partial charge in [0.2, 0.25) is 5.91 Å². The van der Waals surface area contributed by atoms with Crippen LogP contribution in [0.2, 0.25) is 0 Å².